The number of ether oxygens (including phenoxy) is 1. The van der Waals surface area contributed by atoms with E-state index in [1.54, 1.807) is 6.92 Å². The Labute approximate surface area is 115 Å². The van der Waals surface area contributed by atoms with E-state index < -0.39 is 0 Å². The number of carbonyl (C=O) groups excluding carboxylic acids is 1. The lowest BCUT2D eigenvalue weighted by Gasteiger charge is -2.15. The molecule has 1 aromatic carbocycles. The van der Waals surface area contributed by atoms with Crippen molar-refractivity contribution in [2.24, 2.45) is 0 Å². The molecule has 0 radical (unpaired) electrons. The molecule has 3 nitrogen and oxygen atoms in total. The Morgan fingerprint density at radius 2 is 2.05 bits per heavy atom. The summed E-state index contributed by atoms with van der Waals surface area (Å²) in [7, 11) is 0. The van der Waals surface area contributed by atoms with E-state index in [0.717, 1.165) is 36.0 Å². The Balaban J connectivity index is 3.01. The molecule has 3 heteroatoms. The fourth-order valence-corrected chi connectivity index (χ4v) is 2.09. The summed E-state index contributed by atoms with van der Waals surface area (Å²) < 4.78 is 5.05. The molecule has 0 fully saturated rings. The van der Waals surface area contributed by atoms with Crippen LogP contribution in [0.1, 0.15) is 56.2 Å². The van der Waals surface area contributed by atoms with Crippen molar-refractivity contribution in [1.82, 2.24) is 0 Å². The highest BCUT2D eigenvalue weighted by molar-refractivity contribution is 5.78. The van der Waals surface area contributed by atoms with Crippen molar-refractivity contribution in [2.75, 3.05) is 6.61 Å². The summed E-state index contributed by atoms with van der Waals surface area (Å²) in [4.78, 5) is 11.8. The Morgan fingerprint density at radius 1 is 1.37 bits per heavy atom. The Bertz CT molecular complexity index is 438. The topological polar surface area (TPSA) is 46.5 Å². The van der Waals surface area contributed by atoms with Crippen LogP contribution in [0.25, 0.3) is 0 Å². The Hall–Kier alpha value is -1.51. The van der Waals surface area contributed by atoms with E-state index in [4.69, 9.17) is 4.74 Å². The number of phenolic OH excluding ortho intramolecular Hbond substituents is 1. The smallest absolute Gasteiger partial charge is 0.313 e. The van der Waals surface area contributed by atoms with Gasteiger partial charge in [-0.2, -0.15) is 0 Å². The summed E-state index contributed by atoms with van der Waals surface area (Å²) in [6.07, 6.45) is 2.95. The number of esters is 1. The zero-order valence-electron chi connectivity index (χ0n) is 12.3. The van der Waals surface area contributed by atoms with Crippen molar-refractivity contribution in [3.05, 3.63) is 28.8 Å². The maximum Gasteiger partial charge on any atom is 0.313 e. The average molecular weight is 264 g/mol. The SMILES string of the molecule is CCCCc1cc(C(C)C(=O)OCC)cc(C)c1O. The van der Waals surface area contributed by atoms with Gasteiger partial charge in [-0.1, -0.05) is 25.5 Å². The number of aryl methyl sites for hydroxylation is 2. The highest BCUT2D eigenvalue weighted by Gasteiger charge is 2.18. The molecule has 0 saturated heterocycles. The van der Waals surface area contributed by atoms with Crippen LogP contribution < -0.4 is 0 Å². The highest BCUT2D eigenvalue weighted by atomic mass is 16.5. The van der Waals surface area contributed by atoms with Crippen LogP contribution in [-0.4, -0.2) is 17.7 Å². The Morgan fingerprint density at radius 3 is 2.63 bits per heavy atom. The fourth-order valence-electron chi connectivity index (χ4n) is 2.09. The van der Waals surface area contributed by atoms with Gasteiger partial charge >= 0.3 is 5.97 Å². The third-order valence-electron chi connectivity index (χ3n) is 3.34. The van der Waals surface area contributed by atoms with Gasteiger partial charge < -0.3 is 9.84 Å². The van der Waals surface area contributed by atoms with Gasteiger partial charge in [-0.25, -0.2) is 0 Å². The van der Waals surface area contributed by atoms with Crippen LogP contribution in [0, 0.1) is 6.92 Å². The van der Waals surface area contributed by atoms with Crippen LogP contribution in [0.15, 0.2) is 12.1 Å². The molecule has 0 aromatic heterocycles. The van der Waals surface area contributed by atoms with E-state index in [0.29, 0.717) is 12.4 Å². The molecule has 1 aromatic rings. The zero-order valence-corrected chi connectivity index (χ0v) is 12.3. The first-order valence-corrected chi connectivity index (χ1v) is 7.00. The Kier molecular flexibility index (Phi) is 5.87. The van der Waals surface area contributed by atoms with Crippen LogP contribution in [0.2, 0.25) is 0 Å². The summed E-state index contributed by atoms with van der Waals surface area (Å²) in [5.41, 5.74) is 2.66. The van der Waals surface area contributed by atoms with Gasteiger partial charge in [-0.05, 0) is 50.3 Å². The minimum absolute atomic E-state index is 0.214. The van der Waals surface area contributed by atoms with Crippen molar-refractivity contribution < 1.29 is 14.6 Å². The molecule has 0 aliphatic heterocycles. The monoisotopic (exact) mass is 264 g/mol. The van der Waals surface area contributed by atoms with E-state index in [1.165, 1.54) is 0 Å². The maximum atomic E-state index is 11.8. The fraction of sp³-hybridized carbons (Fsp3) is 0.562. The molecule has 1 atom stereocenters. The lowest BCUT2D eigenvalue weighted by atomic mass is 9.94. The normalized spacial score (nSPS) is 12.2. The molecule has 106 valence electrons. The van der Waals surface area contributed by atoms with E-state index in [2.05, 4.69) is 6.92 Å². The number of aromatic hydroxyl groups is 1. The van der Waals surface area contributed by atoms with Crippen LogP contribution in [0.3, 0.4) is 0 Å². The molecule has 0 saturated carbocycles. The largest absolute Gasteiger partial charge is 0.507 e. The summed E-state index contributed by atoms with van der Waals surface area (Å²) >= 11 is 0. The number of carbonyl (C=O) groups is 1. The number of hydrogen-bond donors (Lipinski definition) is 1. The number of phenols is 1. The zero-order chi connectivity index (χ0) is 14.4. The second-order valence-corrected chi connectivity index (χ2v) is 4.92. The number of hydrogen-bond acceptors (Lipinski definition) is 3. The van der Waals surface area contributed by atoms with E-state index in [1.807, 2.05) is 26.0 Å². The summed E-state index contributed by atoms with van der Waals surface area (Å²) in [6, 6.07) is 3.80. The van der Waals surface area contributed by atoms with Gasteiger partial charge in [0.05, 0.1) is 12.5 Å². The third kappa shape index (κ3) is 3.98. The van der Waals surface area contributed by atoms with Gasteiger partial charge in [-0.15, -0.1) is 0 Å². The van der Waals surface area contributed by atoms with E-state index in [-0.39, 0.29) is 11.9 Å². The second kappa shape index (κ2) is 7.17. The predicted molar refractivity (Wildman–Crippen MR) is 76.5 cm³/mol. The van der Waals surface area contributed by atoms with Gasteiger partial charge in [0.25, 0.3) is 0 Å². The van der Waals surface area contributed by atoms with Crippen molar-refractivity contribution >= 4 is 5.97 Å². The average Bonchev–Trinajstić information content (AvgIpc) is 2.39. The first-order chi connectivity index (χ1) is 9.01. The molecular formula is C16H24O3. The molecule has 0 heterocycles. The minimum Gasteiger partial charge on any atom is -0.507 e. The third-order valence-corrected chi connectivity index (χ3v) is 3.34. The molecular weight excluding hydrogens is 240 g/mol. The van der Waals surface area contributed by atoms with Crippen LogP contribution in [0.4, 0.5) is 0 Å². The van der Waals surface area contributed by atoms with Crippen LogP contribution in [0.5, 0.6) is 5.75 Å². The van der Waals surface area contributed by atoms with Crippen molar-refractivity contribution in [1.29, 1.82) is 0 Å². The van der Waals surface area contributed by atoms with Gasteiger partial charge in [0.2, 0.25) is 0 Å². The molecule has 0 aliphatic carbocycles. The quantitative estimate of drug-likeness (QED) is 0.797. The molecule has 0 spiro atoms. The van der Waals surface area contributed by atoms with Crippen molar-refractivity contribution in [3.63, 3.8) is 0 Å². The number of rotatable bonds is 6. The predicted octanol–water partition coefficient (Wildman–Crippen LogP) is 3.71. The van der Waals surface area contributed by atoms with Crippen LogP contribution in [-0.2, 0) is 16.0 Å². The van der Waals surface area contributed by atoms with Crippen LogP contribution >= 0.6 is 0 Å². The summed E-state index contributed by atoms with van der Waals surface area (Å²) in [5.74, 6) is -0.151. The maximum absolute atomic E-state index is 11.8. The first-order valence-electron chi connectivity index (χ1n) is 7.00. The molecule has 0 aliphatic rings. The van der Waals surface area contributed by atoms with Gasteiger partial charge in [0.1, 0.15) is 5.75 Å². The van der Waals surface area contributed by atoms with Gasteiger partial charge in [0.15, 0.2) is 0 Å². The lowest BCUT2D eigenvalue weighted by molar-refractivity contribution is -0.144. The van der Waals surface area contributed by atoms with E-state index in [9.17, 15) is 9.90 Å². The summed E-state index contributed by atoms with van der Waals surface area (Å²) in [6.45, 7) is 8.02. The molecule has 1 rings (SSSR count). The molecule has 0 amide bonds. The lowest BCUT2D eigenvalue weighted by Crippen LogP contribution is -2.13. The standard InChI is InChI=1S/C16H24O3/c1-5-7-8-13-10-14(9-11(3)15(13)17)12(4)16(18)19-6-2/h9-10,12,17H,5-8H2,1-4H3. The van der Waals surface area contributed by atoms with Crippen molar-refractivity contribution in [2.45, 2.75) is 52.9 Å². The molecule has 1 unspecified atom stereocenters. The number of benzene rings is 1. The first kappa shape index (κ1) is 15.5. The highest BCUT2D eigenvalue weighted by Crippen LogP contribution is 2.29. The number of unbranched alkanes of at least 4 members (excludes halogenated alkanes) is 1. The van der Waals surface area contributed by atoms with E-state index >= 15 is 0 Å². The minimum atomic E-state index is -0.292. The van der Waals surface area contributed by atoms with Gasteiger partial charge in [-0.3, -0.25) is 4.79 Å². The molecule has 19 heavy (non-hydrogen) atoms. The summed E-state index contributed by atoms with van der Waals surface area (Å²) in [5, 5.41) is 10.1. The molecule has 1 N–H and O–H groups in total. The van der Waals surface area contributed by atoms with Gasteiger partial charge in [0, 0.05) is 0 Å². The molecule has 0 bridgehead atoms. The second-order valence-electron chi connectivity index (χ2n) is 4.92. The van der Waals surface area contributed by atoms with Crippen molar-refractivity contribution in [3.8, 4) is 5.75 Å².